The molecule has 0 saturated carbocycles. The molecule has 0 saturated heterocycles. The molecule has 22 heavy (non-hydrogen) atoms. The number of amides is 2. The van der Waals surface area contributed by atoms with Crippen LogP contribution in [0.4, 0.5) is 4.79 Å². The van der Waals surface area contributed by atoms with Crippen LogP contribution in [-0.4, -0.2) is 24.8 Å². The molecule has 2 amide bonds. The second-order valence-electron chi connectivity index (χ2n) is 5.27. The molecule has 1 aliphatic rings. The number of nitrogens with one attached hydrogen (secondary N) is 1. The Morgan fingerprint density at radius 2 is 2.18 bits per heavy atom. The van der Waals surface area contributed by atoms with Crippen LogP contribution < -0.4 is 14.8 Å². The highest BCUT2D eigenvalue weighted by Gasteiger charge is 2.18. The number of urea groups is 1. The Hall–Kier alpha value is -2.21. The molecule has 116 valence electrons. The van der Waals surface area contributed by atoms with Gasteiger partial charge in [-0.3, -0.25) is 0 Å². The van der Waals surface area contributed by atoms with Crippen molar-refractivity contribution in [2.75, 3.05) is 13.8 Å². The number of hydrogen-bond acceptors (Lipinski definition) is 4. The number of rotatable bonds is 4. The van der Waals surface area contributed by atoms with Crippen LogP contribution in [0.25, 0.3) is 0 Å². The van der Waals surface area contributed by atoms with Gasteiger partial charge >= 0.3 is 6.03 Å². The van der Waals surface area contributed by atoms with Crippen molar-refractivity contribution in [1.29, 1.82) is 0 Å². The quantitative estimate of drug-likeness (QED) is 0.940. The third-order valence-corrected chi connectivity index (χ3v) is 4.32. The lowest BCUT2D eigenvalue weighted by molar-refractivity contribution is 0.174. The Morgan fingerprint density at radius 3 is 2.95 bits per heavy atom. The maximum absolute atomic E-state index is 12.2. The van der Waals surface area contributed by atoms with Crippen LogP contribution in [0.3, 0.4) is 0 Å². The van der Waals surface area contributed by atoms with Gasteiger partial charge in [0.15, 0.2) is 11.5 Å². The molecule has 1 aromatic heterocycles. The number of nitrogens with zero attached hydrogens (tertiary/aromatic N) is 1. The lowest BCUT2D eigenvalue weighted by Gasteiger charge is -2.21. The fraction of sp³-hybridized carbons (Fsp3) is 0.312. The van der Waals surface area contributed by atoms with Crippen LogP contribution in [0.1, 0.15) is 24.1 Å². The van der Waals surface area contributed by atoms with Crippen molar-refractivity contribution in [3.05, 3.63) is 46.2 Å². The van der Waals surface area contributed by atoms with E-state index >= 15 is 0 Å². The molecule has 1 aromatic carbocycles. The molecule has 2 heterocycles. The third kappa shape index (κ3) is 3.17. The van der Waals surface area contributed by atoms with Crippen molar-refractivity contribution >= 4 is 17.4 Å². The van der Waals surface area contributed by atoms with Gasteiger partial charge in [-0.2, -0.15) is 11.3 Å². The predicted molar refractivity (Wildman–Crippen MR) is 85.3 cm³/mol. The zero-order valence-electron chi connectivity index (χ0n) is 12.5. The van der Waals surface area contributed by atoms with E-state index in [4.69, 9.17) is 9.47 Å². The largest absolute Gasteiger partial charge is 0.454 e. The van der Waals surface area contributed by atoms with Crippen LogP contribution in [0.15, 0.2) is 35.0 Å². The molecule has 0 bridgehead atoms. The van der Waals surface area contributed by atoms with Crippen molar-refractivity contribution < 1.29 is 14.3 Å². The summed E-state index contributed by atoms with van der Waals surface area (Å²) < 4.78 is 10.7. The van der Waals surface area contributed by atoms with Crippen molar-refractivity contribution in [1.82, 2.24) is 10.2 Å². The Morgan fingerprint density at radius 1 is 1.36 bits per heavy atom. The Kier molecular flexibility index (Phi) is 4.20. The van der Waals surface area contributed by atoms with Crippen LogP contribution in [0, 0.1) is 0 Å². The van der Waals surface area contributed by atoms with Crippen LogP contribution in [0.2, 0.25) is 0 Å². The molecular formula is C16H18N2O3S. The Balaban J connectivity index is 1.61. The highest BCUT2D eigenvalue weighted by Crippen LogP contribution is 2.34. The van der Waals surface area contributed by atoms with E-state index in [1.807, 2.05) is 41.9 Å². The first-order valence-electron chi connectivity index (χ1n) is 7.06. The minimum absolute atomic E-state index is 0.101. The van der Waals surface area contributed by atoms with Gasteiger partial charge in [0.05, 0.1) is 6.04 Å². The fourth-order valence-electron chi connectivity index (χ4n) is 2.29. The number of hydrogen-bond donors (Lipinski definition) is 1. The van der Waals surface area contributed by atoms with Gasteiger partial charge in [-0.25, -0.2) is 4.79 Å². The van der Waals surface area contributed by atoms with Gasteiger partial charge < -0.3 is 19.7 Å². The molecule has 0 aliphatic carbocycles. The third-order valence-electron chi connectivity index (χ3n) is 3.58. The van der Waals surface area contributed by atoms with E-state index < -0.39 is 0 Å². The fourth-order valence-corrected chi connectivity index (χ4v) is 2.95. The summed E-state index contributed by atoms with van der Waals surface area (Å²) in [6.07, 6.45) is 0. The zero-order chi connectivity index (χ0) is 15.5. The van der Waals surface area contributed by atoms with Crippen molar-refractivity contribution in [3.8, 4) is 11.5 Å². The Labute approximate surface area is 133 Å². The van der Waals surface area contributed by atoms with Gasteiger partial charge in [0.2, 0.25) is 6.79 Å². The summed E-state index contributed by atoms with van der Waals surface area (Å²) in [7, 11) is 1.79. The van der Waals surface area contributed by atoms with Gasteiger partial charge in [0, 0.05) is 13.6 Å². The first kappa shape index (κ1) is 14.7. The number of benzene rings is 1. The normalized spacial score (nSPS) is 13.7. The minimum Gasteiger partial charge on any atom is -0.454 e. The minimum atomic E-state index is -0.105. The number of carbonyl (C=O) groups excluding carboxylic acids is 1. The highest BCUT2D eigenvalue weighted by molar-refractivity contribution is 7.07. The summed E-state index contributed by atoms with van der Waals surface area (Å²) in [5.41, 5.74) is 2.12. The van der Waals surface area contributed by atoms with E-state index in [9.17, 15) is 4.79 Å². The standard InChI is InChI=1S/C16H18N2O3S/c1-11(13-3-4-14-15(7-13)21-10-20-14)17-16(19)18(2)8-12-5-6-22-9-12/h3-7,9,11H,8,10H2,1-2H3,(H,17,19)/t11-/m1/s1. The van der Waals surface area contributed by atoms with Gasteiger partial charge in [0.1, 0.15) is 0 Å². The van der Waals surface area contributed by atoms with Gasteiger partial charge in [0.25, 0.3) is 0 Å². The van der Waals surface area contributed by atoms with E-state index in [0.717, 1.165) is 22.6 Å². The smallest absolute Gasteiger partial charge is 0.317 e. The second-order valence-corrected chi connectivity index (χ2v) is 6.05. The summed E-state index contributed by atoms with van der Waals surface area (Å²) >= 11 is 1.63. The summed E-state index contributed by atoms with van der Waals surface area (Å²) in [4.78, 5) is 13.9. The number of ether oxygens (including phenoxy) is 2. The van der Waals surface area contributed by atoms with E-state index in [1.165, 1.54) is 0 Å². The molecule has 2 aromatic rings. The second kappa shape index (κ2) is 6.27. The molecule has 3 rings (SSSR count). The monoisotopic (exact) mass is 318 g/mol. The molecular weight excluding hydrogens is 300 g/mol. The molecule has 1 atom stereocenters. The van der Waals surface area contributed by atoms with Crippen LogP contribution >= 0.6 is 11.3 Å². The summed E-state index contributed by atoms with van der Waals surface area (Å²) in [5.74, 6) is 1.47. The SMILES string of the molecule is C[C@@H](NC(=O)N(C)Cc1ccsc1)c1ccc2c(c1)OCO2. The van der Waals surface area contributed by atoms with Crippen molar-refractivity contribution in [2.45, 2.75) is 19.5 Å². The summed E-state index contributed by atoms with van der Waals surface area (Å²) in [6.45, 7) is 2.81. The van der Waals surface area contributed by atoms with Crippen LogP contribution in [-0.2, 0) is 6.54 Å². The topological polar surface area (TPSA) is 50.8 Å². The molecule has 0 unspecified atom stereocenters. The lowest BCUT2D eigenvalue weighted by Crippen LogP contribution is -2.38. The molecule has 1 N–H and O–H groups in total. The summed E-state index contributed by atoms with van der Waals surface area (Å²) in [5, 5.41) is 7.05. The molecule has 5 nitrogen and oxygen atoms in total. The van der Waals surface area contributed by atoms with Crippen molar-refractivity contribution in [3.63, 3.8) is 0 Å². The van der Waals surface area contributed by atoms with E-state index in [-0.39, 0.29) is 18.9 Å². The molecule has 0 radical (unpaired) electrons. The maximum atomic E-state index is 12.2. The van der Waals surface area contributed by atoms with Crippen molar-refractivity contribution in [2.24, 2.45) is 0 Å². The zero-order valence-corrected chi connectivity index (χ0v) is 13.4. The van der Waals surface area contributed by atoms with Gasteiger partial charge in [-0.05, 0) is 47.0 Å². The first-order chi connectivity index (χ1) is 10.6. The number of thiophene rings is 1. The van der Waals surface area contributed by atoms with E-state index in [2.05, 4.69) is 5.32 Å². The van der Waals surface area contributed by atoms with Crippen LogP contribution in [0.5, 0.6) is 11.5 Å². The number of carbonyl (C=O) groups is 1. The van der Waals surface area contributed by atoms with Gasteiger partial charge in [-0.15, -0.1) is 0 Å². The number of fused-ring (bicyclic) bond motifs is 1. The van der Waals surface area contributed by atoms with E-state index in [1.54, 1.807) is 23.3 Å². The van der Waals surface area contributed by atoms with Gasteiger partial charge in [-0.1, -0.05) is 6.07 Å². The maximum Gasteiger partial charge on any atom is 0.317 e. The molecule has 0 spiro atoms. The Bertz CT molecular complexity index is 657. The highest BCUT2D eigenvalue weighted by atomic mass is 32.1. The summed E-state index contributed by atoms with van der Waals surface area (Å²) in [6, 6.07) is 7.54. The lowest BCUT2D eigenvalue weighted by atomic mass is 10.1. The molecule has 1 aliphatic heterocycles. The predicted octanol–water partition coefficient (Wildman–Crippen LogP) is 3.38. The first-order valence-corrected chi connectivity index (χ1v) is 8.00. The van der Waals surface area contributed by atoms with E-state index in [0.29, 0.717) is 6.54 Å². The average Bonchev–Trinajstić information content (AvgIpc) is 3.16. The average molecular weight is 318 g/mol. The molecule has 6 heteroatoms. The molecule has 0 fully saturated rings.